The summed E-state index contributed by atoms with van der Waals surface area (Å²) < 4.78 is 1.09. The van der Waals surface area contributed by atoms with Gasteiger partial charge in [-0.2, -0.15) is 0 Å². The van der Waals surface area contributed by atoms with E-state index in [1.54, 1.807) is 11.3 Å². The minimum Gasteiger partial charge on any atom is -0.373 e. The van der Waals surface area contributed by atoms with Gasteiger partial charge >= 0.3 is 0 Å². The fraction of sp³-hybridized carbons (Fsp3) is 0.529. The Hall–Kier alpha value is -0.650. The fourth-order valence-electron chi connectivity index (χ4n) is 4.77. The van der Waals surface area contributed by atoms with E-state index >= 15 is 0 Å². The summed E-state index contributed by atoms with van der Waals surface area (Å²) in [7, 11) is 0. The normalized spacial score (nSPS) is 35.4. The molecule has 3 nitrogen and oxygen atoms in total. The van der Waals surface area contributed by atoms with Crippen LogP contribution in [0.5, 0.6) is 0 Å². The molecule has 0 spiro atoms. The van der Waals surface area contributed by atoms with Gasteiger partial charge in [0.15, 0.2) is 0 Å². The van der Waals surface area contributed by atoms with E-state index in [0.29, 0.717) is 6.04 Å². The topological polar surface area (TPSA) is 26.7 Å². The van der Waals surface area contributed by atoms with Gasteiger partial charge in [-0.3, -0.25) is 4.90 Å². The molecule has 22 heavy (non-hydrogen) atoms. The summed E-state index contributed by atoms with van der Waals surface area (Å²) in [5.74, 6) is 1.54. The summed E-state index contributed by atoms with van der Waals surface area (Å²) in [6.45, 7) is 4.64. The van der Waals surface area contributed by atoms with Crippen LogP contribution in [-0.2, 0) is 0 Å². The Bertz CT molecular complexity index is 733. The van der Waals surface area contributed by atoms with Crippen LogP contribution in [0.25, 0.3) is 10.1 Å². The highest BCUT2D eigenvalue weighted by atomic mass is 35.5. The first-order valence-electron chi connectivity index (χ1n) is 8.05. The number of nitrogens with zero attached hydrogens (tertiary/aromatic N) is 2. The zero-order valence-electron chi connectivity index (χ0n) is 12.3. The van der Waals surface area contributed by atoms with Gasteiger partial charge in [-0.15, -0.1) is 11.3 Å². The number of thiophene rings is 1. The molecule has 5 heteroatoms. The molecule has 6 rings (SSSR count). The van der Waals surface area contributed by atoms with Gasteiger partial charge in [-0.25, -0.2) is 0 Å². The predicted octanol–water partition coefficient (Wildman–Crippen LogP) is 3.18. The molecule has 0 saturated carbocycles. The van der Waals surface area contributed by atoms with Crippen LogP contribution in [0.15, 0.2) is 24.3 Å². The lowest BCUT2D eigenvalue weighted by Crippen LogP contribution is -2.53. The molecule has 4 aliphatic rings. The molecule has 4 aliphatic heterocycles. The van der Waals surface area contributed by atoms with E-state index in [1.165, 1.54) is 19.5 Å². The van der Waals surface area contributed by atoms with Gasteiger partial charge in [0.05, 0.1) is 9.72 Å². The summed E-state index contributed by atoms with van der Waals surface area (Å²) in [6.07, 6.45) is 0.820. The average Bonchev–Trinajstić information content (AvgIpc) is 3.08. The number of aliphatic hydroxyl groups excluding tert-OH is 1. The van der Waals surface area contributed by atoms with E-state index in [4.69, 9.17) is 11.6 Å². The average molecular weight is 335 g/mol. The Morgan fingerprint density at radius 3 is 2.95 bits per heavy atom. The highest BCUT2D eigenvalue weighted by Crippen LogP contribution is 2.45. The Kier molecular flexibility index (Phi) is 3.08. The van der Waals surface area contributed by atoms with Crippen molar-refractivity contribution in [2.75, 3.05) is 26.2 Å². The monoisotopic (exact) mass is 334 g/mol. The number of fused-ring (bicyclic) bond motifs is 2. The summed E-state index contributed by atoms with van der Waals surface area (Å²) in [5, 5.41) is 12.9. The molecule has 2 aromatic rings. The standard InChI is InChI=1S/C17H19ClN2OS/c18-13-3-1-2-10-6-15(22-16(10)13)17(21)20-8-11-7-19-5-4-12(11)14(20)9-19/h1-3,6,11-12,14,17,21H,4-5,7-9H2/t11-,12-,14-,17?/m1/s1. The molecular formula is C17H19ClN2OS. The highest BCUT2D eigenvalue weighted by molar-refractivity contribution is 7.19. The lowest BCUT2D eigenvalue weighted by Gasteiger charge is -2.45. The van der Waals surface area contributed by atoms with E-state index in [2.05, 4.69) is 21.9 Å². The smallest absolute Gasteiger partial charge is 0.143 e. The van der Waals surface area contributed by atoms with Crippen LogP contribution in [0.1, 0.15) is 17.5 Å². The Labute approximate surface area is 139 Å². The van der Waals surface area contributed by atoms with Crippen molar-refractivity contribution in [3.63, 3.8) is 0 Å². The molecule has 2 unspecified atom stereocenters. The van der Waals surface area contributed by atoms with Crippen LogP contribution >= 0.6 is 22.9 Å². The molecule has 1 aromatic carbocycles. The van der Waals surface area contributed by atoms with Gasteiger partial charge < -0.3 is 10.0 Å². The van der Waals surface area contributed by atoms with Crippen LogP contribution in [-0.4, -0.2) is 47.1 Å². The molecule has 1 N–H and O–H groups in total. The number of hydrogen-bond donors (Lipinski definition) is 1. The van der Waals surface area contributed by atoms with Crippen LogP contribution < -0.4 is 0 Å². The van der Waals surface area contributed by atoms with Crippen LogP contribution in [0.3, 0.4) is 0 Å². The maximum Gasteiger partial charge on any atom is 0.143 e. The van der Waals surface area contributed by atoms with Gasteiger partial charge in [0.1, 0.15) is 6.23 Å². The maximum absolute atomic E-state index is 11.0. The third kappa shape index (κ3) is 1.91. The largest absolute Gasteiger partial charge is 0.373 e. The van der Waals surface area contributed by atoms with Crippen molar-refractivity contribution in [2.45, 2.75) is 18.7 Å². The summed E-state index contributed by atoms with van der Waals surface area (Å²) >= 11 is 7.92. The van der Waals surface area contributed by atoms with Crippen molar-refractivity contribution < 1.29 is 5.11 Å². The molecule has 5 heterocycles. The second-order valence-corrected chi connectivity index (χ2v) is 8.41. The lowest BCUT2D eigenvalue weighted by atomic mass is 9.80. The number of hydrogen-bond acceptors (Lipinski definition) is 4. The van der Waals surface area contributed by atoms with Crippen molar-refractivity contribution >= 4 is 33.0 Å². The molecular weight excluding hydrogens is 316 g/mol. The Morgan fingerprint density at radius 1 is 1.27 bits per heavy atom. The van der Waals surface area contributed by atoms with Crippen LogP contribution in [0, 0.1) is 11.8 Å². The number of piperidine rings is 3. The van der Waals surface area contributed by atoms with Gasteiger partial charge in [0.25, 0.3) is 0 Å². The third-order valence-corrected chi connectivity index (χ3v) is 7.42. The van der Waals surface area contributed by atoms with Gasteiger partial charge in [0.2, 0.25) is 0 Å². The number of benzene rings is 1. The molecule has 4 saturated heterocycles. The van der Waals surface area contributed by atoms with E-state index in [0.717, 1.165) is 44.9 Å². The van der Waals surface area contributed by atoms with Crippen LogP contribution in [0.2, 0.25) is 5.02 Å². The second-order valence-electron chi connectivity index (χ2n) is 6.92. The Morgan fingerprint density at radius 2 is 2.18 bits per heavy atom. The van der Waals surface area contributed by atoms with Crippen molar-refractivity contribution in [2.24, 2.45) is 11.8 Å². The number of aliphatic hydroxyl groups is 1. The minimum atomic E-state index is -0.482. The zero-order valence-corrected chi connectivity index (χ0v) is 13.9. The van der Waals surface area contributed by atoms with E-state index in [1.807, 2.05) is 12.1 Å². The third-order valence-electron chi connectivity index (χ3n) is 5.77. The SMILES string of the molecule is OC(c1cc2cccc(Cl)c2s1)N1C[C@H]2CN3CC[C@H]2[C@H]1C3. The molecule has 0 amide bonds. The van der Waals surface area contributed by atoms with Crippen molar-refractivity contribution in [1.29, 1.82) is 0 Å². The van der Waals surface area contributed by atoms with Crippen molar-refractivity contribution in [3.05, 3.63) is 34.2 Å². The zero-order chi connectivity index (χ0) is 14.8. The van der Waals surface area contributed by atoms with Crippen LogP contribution in [0.4, 0.5) is 0 Å². The second kappa shape index (κ2) is 4.92. The van der Waals surface area contributed by atoms with Crippen molar-refractivity contribution in [3.8, 4) is 0 Å². The van der Waals surface area contributed by atoms with Crippen molar-refractivity contribution in [1.82, 2.24) is 9.80 Å². The quantitative estimate of drug-likeness (QED) is 0.913. The molecule has 1 aromatic heterocycles. The first-order valence-corrected chi connectivity index (χ1v) is 9.24. The van der Waals surface area contributed by atoms with E-state index < -0.39 is 6.23 Å². The van der Waals surface area contributed by atoms with Gasteiger partial charge in [-0.1, -0.05) is 23.7 Å². The first kappa shape index (κ1) is 13.8. The summed E-state index contributed by atoms with van der Waals surface area (Å²) in [6, 6.07) is 8.61. The molecule has 4 fully saturated rings. The van der Waals surface area contributed by atoms with E-state index in [-0.39, 0.29) is 0 Å². The summed E-state index contributed by atoms with van der Waals surface area (Å²) in [5.41, 5.74) is 0. The van der Waals surface area contributed by atoms with Gasteiger partial charge in [-0.05, 0) is 42.3 Å². The molecule has 116 valence electrons. The minimum absolute atomic E-state index is 0.482. The maximum atomic E-state index is 11.0. The lowest BCUT2D eigenvalue weighted by molar-refractivity contribution is -0.0308. The molecule has 5 atom stereocenters. The first-order chi connectivity index (χ1) is 10.7. The Balaban J connectivity index is 1.48. The molecule has 0 aliphatic carbocycles. The molecule has 0 radical (unpaired) electrons. The highest BCUT2D eigenvalue weighted by Gasteiger charge is 2.51. The fourth-order valence-corrected chi connectivity index (χ4v) is 6.14. The number of halogens is 1. The number of rotatable bonds is 2. The molecule has 4 bridgehead atoms. The summed E-state index contributed by atoms with van der Waals surface area (Å²) in [4.78, 5) is 5.94. The van der Waals surface area contributed by atoms with E-state index in [9.17, 15) is 5.11 Å². The number of likely N-dealkylation sites (tertiary alicyclic amines) is 1. The van der Waals surface area contributed by atoms with Gasteiger partial charge in [0, 0.05) is 30.6 Å². The predicted molar refractivity (Wildman–Crippen MR) is 90.3 cm³/mol.